The van der Waals surface area contributed by atoms with Crippen molar-refractivity contribution in [2.75, 3.05) is 13.7 Å². The summed E-state index contributed by atoms with van der Waals surface area (Å²) in [5, 5.41) is 0. The van der Waals surface area contributed by atoms with E-state index in [-0.39, 0.29) is 0 Å². The minimum Gasteiger partial charge on any atom is -0.453 e. The zero-order chi connectivity index (χ0) is 12.1. The summed E-state index contributed by atoms with van der Waals surface area (Å²) in [5.74, 6) is -1.29. The maximum atomic E-state index is 11.6. The van der Waals surface area contributed by atoms with Crippen LogP contribution >= 0.6 is 0 Å². The van der Waals surface area contributed by atoms with Gasteiger partial charge in [0.25, 0.3) is 0 Å². The predicted octanol–water partition coefficient (Wildman–Crippen LogP) is 1.26. The van der Waals surface area contributed by atoms with E-state index in [0.717, 1.165) is 14.0 Å². The van der Waals surface area contributed by atoms with Gasteiger partial charge in [0.05, 0.1) is 7.11 Å². The fourth-order valence-corrected chi connectivity index (χ4v) is 0.511. The summed E-state index contributed by atoms with van der Waals surface area (Å²) in [5.41, 5.74) is 0. The summed E-state index contributed by atoms with van der Waals surface area (Å²) < 4.78 is 46.9. The Morgan fingerprint density at radius 3 is 2.27 bits per heavy atom. The van der Waals surface area contributed by atoms with E-state index < -0.39 is 31.0 Å². The highest BCUT2D eigenvalue weighted by Crippen LogP contribution is 2.15. The Balaban J connectivity index is 3.95. The van der Waals surface area contributed by atoms with E-state index >= 15 is 0 Å². The molecule has 1 atom stereocenters. The Labute approximate surface area is 83.1 Å². The Hall–Kier alpha value is -1.47. The standard InChI is InChI=1S/C7H9F3O5/c1-4(15-6(12)13-2)5(11)14-3-7(8,9)10/h4H,3H2,1-2H3. The molecule has 0 heterocycles. The van der Waals surface area contributed by atoms with Gasteiger partial charge in [-0.05, 0) is 6.92 Å². The normalized spacial score (nSPS) is 12.9. The second-order valence-corrected chi connectivity index (χ2v) is 2.44. The molecule has 15 heavy (non-hydrogen) atoms. The number of hydrogen-bond acceptors (Lipinski definition) is 5. The van der Waals surface area contributed by atoms with Gasteiger partial charge >= 0.3 is 18.3 Å². The molecule has 0 bridgehead atoms. The maximum absolute atomic E-state index is 11.6. The van der Waals surface area contributed by atoms with Crippen LogP contribution in [0.1, 0.15) is 6.92 Å². The number of hydrogen-bond donors (Lipinski definition) is 0. The summed E-state index contributed by atoms with van der Waals surface area (Å²) >= 11 is 0. The largest absolute Gasteiger partial charge is 0.508 e. The molecule has 1 unspecified atom stereocenters. The molecule has 0 aromatic carbocycles. The van der Waals surface area contributed by atoms with Crippen molar-refractivity contribution in [2.45, 2.75) is 19.2 Å². The van der Waals surface area contributed by atoms with Crippen LogP contribution in [0.15, 0.2) is 0 Å². The van der Waals surface area contributed by atoms with Gasteiger partial charge in [0.2, 0.25) is 0 Å². The molecule has 0 fully saturated rings. The number of rotatable bonds is 3. The number of carbonyl (C=O) groups is 2. The van der Waals surface area contributed by atoms with E-state index in [1.165, 1.54) is 0 Å². The van der Waals surface area contributed by atoms with Gasteiger partial charge in [-0.15, -0.1) is 0 Å². The van der Waals surface area contributed by atoms with Crippen molar-refractivity contribution in [1.29, 1.82) is 0 Å². The molecule has 0 rings (SSSR count). The quantitative estimate of drug-likeness (QED) is 0.683. The SMILES string of the molecule is COC(=O)OC(C)C(=O)OCC(F)(F)F. The molecule has 0 saturated carbocycles. The lowest BCUT2D eigenvalue weighted by atomic mass is 10.4. The molecule has 88 valence electrons. The number of ether oxygens (including phenoxy) is 3. The van der Waals surface area contributed by atoms with Gasteiger partial charge in [0.1, 0.15) is 0 Å². The third-order valence-corrected chi connectivity index (χ3v) is 1.15. The second kappa shape index (κ2) is 5.42. The maximum Gasteiger partial charge on any atom is 0.508 e. The van der Waals surface area contributed by atoms with E-state index in [4.69, 9.17) is 0 Å². The molecular formula is C7H9F3O5. The van der Waals surface area contributed by atoms with Crippen molar-refractivity contribution >= 4 is 12.1 Å². The van der Waals surface area contributed by atoms with Crippen molar-refractivity contribution in [3.05, 3.63) is 0 Å². The lowest BCUT2D eigenvalue weighted by Gasteiger charge is -2.12. The molecule has 5 nitrogen and oxygen atoms in total. The second-order valence-electron chi connectivity index (χ2n) is 2.44. The average Bonchev–Trinajstić information content (AvgIpc) is 2.12. The monoisotopic (exact) mass is 230 g/mol. The van der Waals surface area contributed by atoms with Crippen molar-refractivity contribution in [2.24, 2.45) is 0 Å². The molecule has 0 aromatic rings. The van der Waals surface area contributed by atoms with Crippen LogP contribution in [0.25, 0.3) is 0 Å². The number of carbonyl (C=O) groups excluding carboxylic acids is 2. The van der Waals surface area contributed by atoms with Gasteiger partial charge in [0.15, 0.2) is 12.7 Å². The molecule has 0 radical (unpaired) electrons. The van der Waals surface area contributed by atoms with Crippen LogP contribution in [0.2, 0.25) is 0 Å². The van der Waals surface area contributed by atoms with Crippen LogP contribution in [-0.2, 0) is 19.0 Å². The van der Waals surface area contributed by atoms with E-state index in [9.17, 15) is 22.8 Å². The topological polar surface area (TPSA) is 61.8 Å². The molecule has 0 saturated heterocycles. The first-order valence-electron chi connectivity index (χ1n) is 3.74. The summed E-state index contributed by atoms with van der Waals surface area (Å²) in [7, 11) is 0.996. The first-order valence-corrected chi connectivity index (χ1v) is 3.74. The number of methoxy groups -OCH3 is 1. The minimum atomic E-state index is -4.61. The Morgan fingerprint density at radius 2 is 1.87 bits per heavy atom. The van der Waals surface area contributed by atoms with Gasteiger partial charge in [-0.25, -0.2) is 9.59 Å². The van der Waals surface area contributed by atoms with E-state index in [2.05, 4.69) is 14.2 Å². The third-order valence-electron chi connectivity index (χ3n) is 1.15. The zero-order valence-corrected chi connectivity index (χ0v) is 7.96. The Kier molecular flexibility index (Phi) is 4.89. The summed E-state index contributed by atoms with van der Waals surface area (Å²) in [6.45, 7) is -0.656. The highest BCUT2D eigenvalue weighted by atomic mass is 19.4. The van der Waals surface area contributed by atoms with Crippen LogP contribution in [-0.4, -0.2) is 38.1 Å². The molecule has 0 aliphatic heterocycles. The van der Waals surface area contributed by atoms with Crippen molar-refractivity contribution in [3.63, 3.8) is 0 Å². The zero-order valence-electron chi connectivity index (χ0n) is 7.96. The Bertz CT molecular complexity index is 237. The van der Waals surface area contributed by atoms with E-state index in [1.807, 2.05) is 0 Å². The minimum absolute atomic E-state index is 0.996. The van der Waals surface area contributed by atoms with E-state index in [1.54, 1.807) is 0 Å². The fourth-order valence-electron chi connectivity index (χ4n) is 0.511. The average molecular weight is 230 g/mol. The van der Waals surface area contributed by atoms with Crippen LogP contribution in [0.3, 0.4) is 0 Å². The lowest BCUT2D eigenvalue weighted by molar-refractivity contribution is -0.191. The number of halogens is 3. The predicted molar refractivity (Wildman–Crippen MR) is 40.0 cm³/mol. The smallest absolute Gasteiger partial charge is 0.453 e. The van der Waals surface area contributed by atoms with Crippen molar-refractivity contribution in [1.82, 2.24) is 0 Å². The molecule has 0 aliphatic rings. The third kappa shape index (κ3) is 6.58. The number of alkyl halides is 3. The molecule has 0 N–H and O–H groups in total. The van der Waals surface area contributed by atoms with Crippen LogP contribution in [0.5, 0.6) is 0 Å². The molecule has 0 amide bonds. The van der Waals surface area contributed by atoms with Gasteiger partial charge in [-0.3, -0.25) is 0 Å². The Morgan fingerprint density at radius 1 is 1.33 bits per heavy atom. The molecule has 0 aliphatic carbocycles. The molecule has 0 spiro atoms. The highest BCUT2D eigenvalue weighted by Gasteiger charge is 2.31. The lowest BCUT2D eigenvalue weighted by Crippen LogP contribution is -2.29. The first-order chi connectivity index (χ1) is 6.76. The van der Waals surface area contributed by atoms with Gasteiger partial charge in [-0.2, -0.15) is 13.2 Å². The van der Waals surface area contributed by atoms with Gasteiger partial charge in [0, 0.05) is 0 Å². The first kappa shape index (κ1) is 13.5. The summed E-state index contributed by atoms with van der Waals surface area (Å²) in [6.07, 6.45) is -7.23. The summed E-state index contributed by atoms with van der Waals surface area (Å²) in [6, 6.07) is 0. The van der Waals surface area contributed by atoms with Crippen LogP contribution in [0, 0.1) is 0 Å². The number of esters is 1. The van der Waals surface area contributed by atoms with Crippen molar-refractivity contribution in [3.8, 4) is 0 Å². The van der Waals surface area contributed by atoms with Crippen LogP contribution in [0.4, 0.5) is 18.0 Å². The molecule has 8 heteroatoms. The fraction of sp³-hybridized carbons (Fsp3) is 0.714. The van der Waals surface area contributed by atoms with E-state index in [0.29, 0.717) is 0 Å². The van der Waals surface area contributed by atoms with Crippen molar-refractivity contribution < 1.29 is 37.0 Å². The summed E-state index contributed by atoms with van der Waals surface area (Å²) in [4.78, 5) is 21.2. The molecular weight excluding hydrogens is 221 g/mol. The van der Waals surface area contributed by atoms with Gasteiger partial charge in [-0.1, -0.05) is 0 Å². The highest BCUT2D eigenvalue weighted by molar-refractivity contribution is 5.76. The molecule has 0 aromatic heterocycles. The van der Waals surface area contributed by atoms with Crippen LogP contribution < -0.4 is 0 Å². The van der Waals surface area contributed by atoms with Gasteiger partial charge < -0.3 is 14.2 Å².